The molecule has 2 saturated heterocycles. The average molecular weight is 384 g/mol. The average Bonchev–Trinajstić information content (AvgIpc) is 3.22. The molecular weight excluding hydrogens is 354 g/mol. The number of carbonyl (C=O) groups excluding carboxylic acids is 1. The van der Waals surface area contributed by atoms with E-state index in [1.807, 2.05) is 22.4 Å². The molecule has 0 atom stereocenters. The molecule has 2 fully saturated rings. The van der Waals surface area contributed by atoms with Crippen LogP contribution in [0.2, 0.25) is 0 Å². The van der Waals surface area contributed by atoms with Gasteiger partial charge in [-0.15, -0.1) is 11.3 Å². The summed E-state index contributed by atoms with van der Waals surface area (Å²) in [5, 5.41) is 2.04. The van der Waals surface area contributed by atoms with Gasteiger partial charge in [-0.1, -0.05) is 13.0 Å². The molecule has 1 aromatic heterocycles. The van der Waals surface area contributed by atoms with Crippen molar-refractivity contribution in [2.75, 3.05) is 49.1 Å². The highest BCUT2D eigenvalue weighted by molar-refractivity contribution is 7.10. The van der Waals surface area contributed by atoms with Gasteiger partial charge < -0.3 is 14.7 Å². The third-order valence-electron chi connectivity index (χ3n) is 5.90. The molecule has 0 N–H and O–H groups in total. The minimum atomic E-state index is 0.256. The lowest BCUT2D eigenvalue weighted by atomic mass is 9.99. The molecule has 4 nitrogen and oxygen atoms in total. The molecule has 5 heteroatoms. The Labute approximate surface area is 166 Å². The van der Waals surface area contributed by atoms with Crippen molar-refractivity contribution in [1.82, 2.24) is 4.90 Å². The highest BCUT2D eigenvalue weighted by atomic mass is 32.1. The summed E-state index contributed by atoms with van der Waals surface area (Å²) in [6.07, 6.45) is 3.13. The summed E-state index contributed by atoms with van der Waals surface area (Å²) in [4.78, 5) is 20.5. The molecular formula is C22H29N3OS. The fourth-order valence-corrected chi connectivity index (χ4v) is 4.72. The zero-order valence-corrected chi connectivity index (χ0v) is 17.0. The lowest BCUT2D eigenvalue weighted by Gasteiger charge is -2.36. The van der Waals surface area contributed by atoms with Gasteiger partial charge in [-0.2, -0.15) is 0 Å². The van der Waals surface area contributed by atoms with Crippen molar-refractivity contribution in [3.63, 3.8) is 0 Å². The summed E-state index contributed by atoms with van der Waals surface area (Å²) in [6.45, 7) is 8.15. The van der Waals surface area contributed by atoms with E-state index >= 15 is 0 Å². The molecule has 1 aromatic carbocycles. The van der Waals surface area contributed by atoms with Crippen LogP contribution in [-0.4, -0.2) is 50.1 Å². The van der Waals surface area contributed by atoms with Gasteiger partial charge in [-0.25, -0.2) is 0 Å². The van der Waals surface area contributed by atoms with E-state index in [4.69, 9.17) is 0 Å². The van der Waals surface area contributed by atoms with Crippen LogP contribution in [0.4, 0.5) is 11.4 Å². The van der Waals surface area contributed by atoms with Crippen molar-refractivity contribution < 1.29 is 4.79 Å². The largest absolute Gasteiger partial charge is 0.372 e. The normalized spacial score (nSPS) is 18.8. The highest BCUT2D eigenvalue weighted by Crippen LogP contribution is 2.26. The van der Waals surface area contributed by atoms with Crippen molar-refractivity contribution in [3.8, 4) is 0 Å². The Morgan fingerprint density at radius 1 is 0.926 bits per heavy atom. The lowest BCUT2D eigenvalue weighted by molar-refractivity contribution is -0.130. The van der Waals surface area contributed by atoms with Crippen molar-refractivity contribution in [2.45, 2.75) is 26.2 Å². The Morgan fingerprint density at radius 2 is 1.52 bits per heavy atom. The fourth-order valence-electron chi connectivity index (χ4n) is 4.03. The molecule has 2 aliphatic heterocycles. The number of nitrogens with zero attached hydrogens (tertiary/aromatic N) is 3. The molecule has 2 aromatic rings. The summed E-state index contributed by atoms with van der Waals surface area (Å²) in [7, 11) is 0. The van der Waals surface area contributed by atoms with Crippen LogP contribution in [0.15, 0.2) is 41.8 Å². The number of hydrogen-bond acceptors (Lipinski definition) is 4. The van der Waals surface area contributed by atoms with Gasteiger partial charge in [0.2, 0.25) is 5.91 Å². The molecule has 27 heavy (non-hydrogen) atoms. The molecule has 0 saturated carbocycles. The number of piperidine rings is 1. The number of benzene rings is 1. The van der Waals surface area contributed by atoms with Gasteiger partial charge in [0.15, 0.2) is 0 Å². The van der Waals surface area contributed by atoms with Gasteiger partial charge in [0.25, 0.3) is 0 Å². The first-order valence-corrected chi connectivity index (χ1v) is 11.0. The van der Waals surface area contributed by atoms with Crippen LogP contribution in [0.1, 0.15) is 24.6 Å². The summed E-state index contributed by atoms with van der Waals surface area (Å²) in [5.41, 5.74) is 2.62. The molecule has 0 bridgehead atoms. The van der Waals surface area contributed by atoms with Crippen LogP contribution in [0.25, 0.3) is 0 Å². The third-order valence-corrected chi connectivity index (χ3v) is 6.78. The van der Waals surface area contributed by atoms with Crippen LogP contribution < -0.4 is 9.80 Å². The van der Waals surface area contributed by atoms with Crippen molar-refractivity contribution in [2.24, 2.45) is 5.92 Å². The Hall–Kier alpha value is -2.01. The predicted molar refractivity (Wildman–Crippen MR) is 114 cm³/mol. The van der Waals surface area contributed by atoms with Crippen LogP contribution >= 0.6 is 11.3 Å². The van der Waals surface area contributed by atoms with E-state index in [0.717, 1.165) is 37.0 Å². The number of thiophene rings is 1. The van der Waals surface area contributed by atoms with Crippen molar-refractivity contribution in [3.05, 3.63) is 46.7 Å². The summed E-state index contributed by atoms with van der Waals surface area (Å²) < 4.78 is 0. The van der Waals surface area contributed by atoms with Gasteiger partial charge in [0.05, 0.1) is 6.42 Å². The molecule has 4 rings (SSSR count). The zero-order chi connectivity index (χ0) is 18.6. The minimum Gasteiger partial charge on any atom is -0.372 e. The monoisotopic (exact) mass is 383 g/mol. The Kier molecular flexibility index (Phi) is 5.67. The molecule has 0 radical (unpaired) electrons. The maximum atomic E-state index is 12.5. The van der Waals surface area contributed by atoms with Gasteiger partial charge >= 0.3 is 0 Å². The topological polar surface area (TPSA) is 26.8 Å². The number of hydrogen-bond donors (Lipinski definition) is 0. The second-order valence-electron chi connectivity index (χ2n) is 7.81. The number of anilines is 2. The number of carbonyl (C=O) groups is 1. The van der Waals surface area contributed by atoms with Gasteiger partial charge in [0, 0.05) is 55.5 Å². The molecule has 1 amide bonds. The second kappa shape index (κ2) is 8.34. The molecule has 3 heterocycles. The van der Waals surface area contributed by atoms with E-state index in [9.17, 15) is 4.79 Å². The van der Waals surface area contributed by atoms with Crippen LogP contribution in [-0.2, 0) is 11.2 Å². The van der Waals surface area contributed by atoms with Crippen molar-refractivity contribution >= 4 is 28.6 Å². The predicted octanol–water partition coefficient (Wildman–Crippen LogP) is 3.88. The van der Waals surface area contributed by atoms with E-state index in [1.165, 1.54) is 37.3 Å². The van der Waals surface area contributed by atoms with Crippen LogP contribution in [0.5, 0.6) is 0 Å². The van der Waals surface area contributed by atoms with E-state index in [0.29, 0.717) is 6.42 Å². The number of piperazine rings is 1. The summed E-state index contributed by atoms with van der Waals surface area (Å²) in [5.74, 6) is 1.12. The first-order chi connectivity index (χ1) is 13.2. The Balaban J connectivity index is 1.29. The fraction of sp³-hybridized carbons (Fsp3) is 0.500. The first kappa shape index (κ1) is 18.4. The van der Waals surface area contributed by atoms with Crippen LogP contribution in [0.3, 0.4) is 0 Å². The highest BCUT2D eigenvalue weighted by Gasteiger charge is 2.22. The second-order valence-corrected chi connectivity index (χ2v) is 8.84. The molecule has 2 aliphatic rings. The molecule has 0 aliphatic carbocycles. The first-order valence-electron chi connectivity index (χ1n) is 10.1. The smallest absolute Gasteiger partial charge is 0.227 e. The Morgan fingerprint density at radius 3 is 2.07 bits per heavy atom. The molecule has 0 unspecified atom stereocenters. The number of amides is 1. The van der Waals surface area contributed by atoms with Gasteiger partial charge in [-0.05, 0) is 54.5 Å². The Bertz CT molecular complexity index is 727. The van der Waals surface area contributed by atoms with E-state index in [2.05, 4.69) is 41.0 Å². The van der Waals surface area contributed by atoms with E-state index in [-0.39, 0.29) is 5.91 Å². The molecule has 0 spiro atoms. The minimum absolute atomic E-state index is 0.256. The van der Waals surface area contributed by atoms with Gasteiger partial charge in [-0.3, -0.25) is 4.79 Å². The third kappa shape index (κ3) is 4.46. The maximum Gasteiger partial charge on any atom is 0.227 e. The van der Waals surface area contributed by atoms with E-state index < -0.39 is 0 Å². The van der Waals surface area contributed by atoms with E-state index in [1.54, 1.807) is 11.3 Å². The van der Waals surface area contributed by atoms with Crippen LogP contribution in [0, 0.1) is 5.92 Å². The van der Waals surface area contributed by atoms with Crippen molar-refractivity contribution in [1.29, 1.82) is 0 Å². The summed E-state index contributed by atoms with van der Waals surface area (Å²) in [6, 6.07) is 13.1. The van der Waals surface area contributed by atoms with Gasteiger partial charge in [0.1, 0.15) is 0 Å². The maximum absolute atomic E-state index is 12.5. The zero-order valence-electron chi connectivity index (χ0n) is 16.1. The summed E-state index contributed by atoms with van der Waals surface area (Å²) >= 11 is 1.66. The number of rotatable bonds is 4. The standard InChI is InChI=1S/C22H29N3OS/c1-18-8-10-23(11-9-18)19-4-6-20(7-5-19)24-12-14-25(15-13-24)22(26)17-21-3-2-16-27-21/h2-7,16,18H,8-15,17H2,1H3. The molecule has 144 valence electrons. The quantitative estimate of drug-likeness (QED) is 0.802. The SMILES string of the molecule is CC1CCN(c2ccc(N3CCN(C(=O)Cc4cccs4)CC3)cc2)CC1. The lowest BCUT2D eigenvalue weighted by Crippen LogP contribution is -2.49.